The Bertz CT molecular complexity index is 791. The van der Waals surface area contributed by atoms with Crippen molar-refractivity contribution in [1.29, 1.82) is 0 Å². The molecule has 4 rings (SSSR count). The van der Waals surface area contributed by atoms with Crippen LogP contribution in [-0.4, -0.2) is 38.5 Å². The van der Waals surface area contributed by atoms with Crippen LogP contribution in [0.15, 0.2) is 34.9 Å². The molecule has 25 heavy (non-hydrogen) atoms. The molecule has 0 spiro atoms. The number of aromatic nitrogens is 2. The second-order valence-corrected chi connectivity index (χ2v) is 6.56. The quantitative estimate of drug-likeness (QED) is 0.624. The SMILES string of the molecule is O=C([C@@H]1C[C@@H]1[N+](=O)[O-])N1CCCC[C@H]1c1nc(-c2ccccc2)no1. The molecule has 1 saturated carbocycles. The van der Waals surface area contributed by atoms with Crippen molar-refractivity contribution in [3.8, 4) is 11.4 Å². The van der Waals surface area contributed by atoms with Crippen molar-refractivity contribution in [2.75, 3.05) is 6.54 Å². The first kappa shape index (κ1) is 15.7. The molecule has 1 aliphatic carbocycles. The van der Waals surface area contributed by atoms with Crippen LogP contribution in [0.3, 0.4) is 0 Å². The Morgan fingerprint density at radius 1 is 1.28 bits per heavy atom. The number of piperidine rings is 1. The zero-order chi connectivity index (χ0) is 17.4. The van der Waals surface area contributed by atoms with Gasteiger partial charge in [0.1, 0.15) is 12.0 Å². The standard InChI is InChI=1S/C17H18N4O4/c22-17(12-10-14(12)21(23)24)20-9-5-4-8-13(20)16-18-15(19-25-16)11-6-2-1-3-7-11/h1-3,6-7,12-14H,4-5,8-10H2/t12-,13+,14+/m1/s1. The van der Waals surface area contributed by atoms with Crippen molar-refractivity contribution in [3.63, 3.8) is 0 Å². The first-order chi connectivity index (χ1) is 12.1. The van der Waals surface area contributed by atoms with Gasteiger partial charge in [-0.05, 0) is 19.3 Å². The lowest BCUT2D eigenvalue weighted by atomic mass is 10.0. The third kappa shape index (κ3) is 2.99. The van der Waals surface area contributed by atoms with Crippen LogP contribution >= 0.6 is 0 Å². The van der Waals surface area contributed by atoms with Crippen LogP contribution < -0.4 is 0 Å². The molecule has 1 amide bonds. The molecule has 2 fully saturated rings. The number of nitro groups is 1. The topological polar surface area (TPSA) is 102 Å². The van der Waals surface area contributed by atoms with Gasteiger partial charge in [-0.3, -0.25) is 14.9 Å². The molecule has 0 N–H and O–H groups in total. The van der Waals surface area contributed by atoms with Gasteiger partial charge in [-0.1, -0.05) is 35.5 Å². The van der Waals surface area contributed by atoms with Crippen LogP contribution in [0.4, 0.5) is 0 Å². The Labute approximate surface area is 144 Å². The maximum atomic E-state index is 12.7. The highest BCUT2D eigenvalue weighted by Crippen LogP contribution is 2.39. The van der Waals surface area contributed by atoms with E-state index in [1.165, 1.54) is 0 Å². The summed E-state index contributed by atoms with van der Waals surface area (Å²) in [5.41, 5.74) is 0.849. The highest BCUT2D eigenvalue weighted by molar-refractivity contribution is 5.82. The fourth-order valence-corrected chi connectivity index (χ4v) is 3.42. The van der Waals surface area contributed by atoms with Gasteiger partial charge in [0.15, 0.2) is 0 Å². The van der Waals surface area contributed by atoms with Gasteiger partial charge in [-0.25, -0.2) is 0 Å². The summed E-state index contributed by atoms with van der Waals surface area (Å²) in [6.45, 7) is 0.577. The summed E-state index contributed by atoms with van der Waals surface area (Å²) in [5.74, 6) is 0.228. The number of hydrogen-bond donors (Lipinski definition) is 0. The first-order valence-corrected chi connectivity index (χ1v) is 8.48. The monoisotopic (exact) mass is 342 g/mol. The summed E-state index contributed by atoms with van der Waals surface area (Å²) in [4.78, 5) is 29.3. The van der Waals surface area contributed by atoms with E-state index in [9.17, 15) is 14.9 Å². The van der Waals surface area contributed by atoms with Gasteiger partial charge >= 0.3 is 0 Å². The summed E-state index contributed by atoms with van der Waals surface area (Å²) in [6, 6.07) is 8.46. The van der Waals surface area contributed by atoms with Crippen molar-refractivity contribution in [3.05, 3.63) is 46.3 Å². The predicted molar refractivity (Wildman–Crippen MR) is 86.9 cm³/mol. The smallest absolute Gasteiger partial charge is 0.249 e. The molecule has 1 aliphatic heterocycles. The number of rotatable bonds is 4. The summed E-state index contributed by atoms with van der Waals surface area (Å²) >= 11 is 0. The number of nitrogens with zero attached hydrogens (tertiary/aromatic N) is 4. The minimum atomic E-state index is -0.738. The number of amides is 1. The molecule has 130 valence electrons. The minimum absolute atomic E-state index is 0.161. The van der Waals surface area contributed by atoms with Crippen molar-refractivity contribution in [2.45, 2.75) is 37.8 Å². The first-order valence-electron chi connectivity index (χ1n) is 8.48. The molecule has 0 radical (unpaired) electrons. The van der Waals surface area contributed by atoms with Crippen molar-refractivity contribution in [2.24, 2.45) is 5.92 Å². The van der Waals surface area contributed by atoms with E-state index in [4.69, 9.17) is 4.52 Å². The Balaban J connectivity index is 1.55. The van der Waals surface area contributed by atoms with E-state index in [-0.39, 0.29) is 16.9 Å². The molecule has 0 unspecified atom stereocenters. The van der Waals surface area contributed by atoms with Crippen LogP contribution in [0.1, 0.15) is 37.6 Å². The van der Waals surface area contributed by atoms with Gasteiger partial charge in [0.25, 0.3) is 0 Å². The van der Waals surface area contributed by atoms with E-state index in [2.05, 4.69) is 10.1 Å². The second kappa shape index (κ2) is 6.27. The number of hydrogen-bond acceptors (Lipinski definition) is 6. The summed E-state index contributed by atoms with van der Waals surface area (Å²) in [5, 5.41) is 14.9. The molecule has 8 nitrogen and oxygen atoms in total. The van der Waals surface area contributed by atoms with Crippen molar-refractivity contribution >= 4 is 5.91 Å². The molecule has 0 bridgehead atoms. The average Bonchev–Trinajstić information content (AvgIpc) is 3.31. The molecule has 2 aromatic rings. The van der Waals surface area contributed by atoms with Crippen LogP contribution in [0.2, 0.25) is 0 Å². The highest BCUT2D eigenvalue weighted by atomic mass is 16.6. The zero-order valence-corrected chi connectivity index (χ0v) is 13.6. The van der Waals surface area contributed by atoms with Crippen molar-refractivity contribution in [1.82, 2.24) is 15.0 Å². The molecule has 1 saturated heterocycles. The van der Waals surface area contributed by atoms with Gasteiger partial charge in [-0.15, -0.1) is 0 Å². The molecule has 1 aromatic carbocycles. The van der Waals surface area contributed by atoms with Gasteiger partial charge in [0.05, 0.1) is 0 Å². The third-order valence-electron chi connectivity index (χ3n) is 4.89. The van der Waals surface area contributed by atoms with E-state index in [1.807, 2.05) is 30.3 Å². The lowest BCUT2D eigenvalue weighted by molar-refractivity contribution is -0.497. The van der Waals surface area contributed by atoms with E-state index in [0.717, 1.165) is 24.8 Å². The maximum absolute atomic E-state index is 12.7. The van der Waals surface area contributed by atoms with Crippen LogP contribution in [0, 0.1) is 16.0 Å². The Kier molecular flexibility index (Phi) is 3.95. The lowest BCUT2D eigenvalue weighted by Crippen LogP contribution is -2.40. The van der Waals surface area contributed by atoms with E-state index in [1.54, 1.807) is 4.90 Å². The predicted octanol–water partition coefficient (Wildman–Crippen LogP) is 2.46. The summed E-state index contributed by atoms with van der Waals surface area (Å²) < 4.78 is 5.42. The summed E-state index contributed by atoms with van der Waals surface area (Å²) in [7, 11) is 0. The van der Waals surface area contributed by atoms with Gasteiger partial charge in [0, 0.05) is 23.5 Å². The molecule has 2 aliphatic rings. The summed E-state index contributed by atoms with van der Waals surface area (Å²) in [6.07, 6.45) is 2.91. The minimum Gasteiger partial charge on any atom is -0.337 e. The highest BCUT2D eigenvalue weighted by Gasteiger charge is 2.55. The van der Waals surface area contributed by atoms with E-state index < -0.39 is 12.0 Å². The van der Waals surface area contributed by atoms with Gasteiger partial charge in [-0.2, -0.15) is 4.98 Å². The molecular weight excluding hydrogens is 324 g/mol. The Morgan fingerprint density at radius 2 is 2.08 bits per heavy atom. The normalized spacial score (nSPS) is 25.6. The average molecular weight is 342 g/mol. The van der Waals surface area contributed by atoms with Gasteiger partial charge in [0.2, 0.25) is 23.7 Å². The second-order valence-electron chi connectivity index (χ2n) is 6.56. The van der Waals surface area contributed by atoms with Crippen LogP contribution in [-0.2, 0) is 4.79 Å². The zero-order valence-electron chi connectivity index (χ0n) is 13.6. The maximum Gasteiger partial charge on any atom is 0.249 e. The fraction of sp³-hybridized carbons (Fsp3) is 0.471. The molecule has 8 heteroatoms. The van der Waals surface area contributed by atoms with Crippen LogP contribution in [0.25, 0.3) is 11.4 Å². The number of likely N-dealkylation sites (tertiary alicyclic amines) is 1. The Hall–Kier alpha value is -2.77. The Morgan fingerprint density at radius 3 is 2.80 bits per heavy atom. The lowest BCUT2D eigenvalue weighted by Gasteiger charge is -2.33. The van der Waals surface area contributed by atoms with Crippen LogP contribution in [0.5, 0.6) is 0 Å². The van der Waals surface area contributed by atoms with Crippen molar-refractivity contribution < 1.29 is 14.2 Å². The molecule has 3 atom stereocenters. The van der Waals surface area contributed by atoms with Gasteiger partial charge < -0.3 is 9.42 Å². The number of carbonyl (C=O) groups excluding carboxylic acids is 1. The molecule has 1 aromatic heterocycles. The third-order valence-corrected chi connectivity index (χ3v) is 4.89. The molecule has 2 heterocycles. The number of carbonyl (C=O) groups is 1. The van der Waals surface area contributed by atoms with E-state index >= 15 is 0 Å². The van der Waals surface area contributed by atoms with E-state index in [0.29, 0.717) is 24.7 Å². The fourth-order valence-electron chi connectivity index (χ4n) is 3.42. The number of benzene rings is 1. The molecular formula is C17H18N4O4. The largest absolute Gasteiger partial charge is 0.337 e.